The minimum Gasteiger partial charge on any atom is -0.369 e. The second-order valence-electron chi connectivity index (χ2n) is 4.72. The summed E-state index contributed by atoms with van der Waals surface area (Å²) in [6.07, 6.45) is 3.40. The highest BCUT2D eigenvalue weighted by atomic mass is 16.1. The van der Waals surface area contributed by atoms with E-state index in [4.69, 9.17) is 0 Å². The van der Waals surface area contributed by atoms with Crippen LogP contribution in [0.15, 0.2) is 10.9 Å². The maximum absolute atomic E-state index is 11.4. The molecule has 0 aromatic carbocycles. The molecule has 1 aromatic rings. The van der Waals surface area contributed by atoms with E-state index in [-0.39, 0.29) is 5.56 Å². The molecule has 18 heavy (non-hydrogen) atoms. The van der Waals surface area contributed by atoms with Crippen molar-refractivity contribution in [3.05, 3.63) is 22.2 Å². The van der Waals surface area contributed by atoms with Gasteiger partial charge in [0.2, 0.25) is 0 Å². The summed E-state index contributed by atoms with van der Waals surface area (Å²) in [5.41, 5.74) is -0.0844. The van der Waals surface area contributed by atoms with Crippen LogP contribution in [0.4, 0.5) is 5.82 Å². The van der Waals surface area contributed by atoms with Crippen molar-refractivity contribution in [2.24, 2.45) is 0 Å². The minimum absolute atomic E-state index is 0.0844. The molecule has 0 unspecified atom stereocenters. The normalized spacial score (nSPS) is 15.1. The van der Waals surface area contributed by atoms with Gasteiger partial charge in [-0.05, 0) is 19.4 Å². The maximum Gasteiger partial charge on any atom is 0.252 e. The Bertz CT molecular complexity index is 439. The molecule has 1 fully saturated rings. The van der Waals surface area contributed by atoms with Gasteiger partial charge < -0.3 is 10.3 Å². The maximum atomic E-state index is 11.4. The third-order valence-corrected chi connectivity index (χ3v) is 3.30. The Balaban J connectivity index is 1.85. The van der Waals surface area contributed by atoms with Gasteiger partial charge >= 0.3 is 0 Å². The lowest BCUT2D eigenvalue weighted by atomic mass is 10.4. The van der Waals surface area contributed by atoms with Crippen LogP contribution in [-0.2, 0) is 6.42 Å². The van der Waals surface area contributed by atoms with Gasteiger partial charge in [-0.1, -0.05) is 13.8 Å². The van der Waals surface area contributed by atoms with Crippen LogP contribution < -0.4 is 10.9 Å². The first-order valence-corrected chi connectivity index (χ1v) is 6.81. The van der Waals surface area contributed by atoms with E-state index in [0.29, 0.717) is 5.82 Å². The molecule has 1 aliphatic carbocycles. The van der Waals surface area contributed by atoms with E-state index in [0.717, 1.165) is 37.9 Å². The van der Waals surface area contributed by atoms with Crippen molar-refractivity contribution >= 4 is 5.82 Å². The van der Waals surface area contributed by atoms with Crippen molar-refractivity contribution < 1.29 is 0 Å². The molecule has 1 heterocycles. The molecule has 5 heteroatoms. The van der Waals surface area contributed by atoms with Gasteiger partial charge in [0, 0.05) is 31.6 Å². The van der Waals surface area contributed by atoms with E-state index in [2.05, 4.69) is 27.1 Å². The van der Waals surface area contributed by atoms with Crippen LogP contribution in [0.1, 0.15) is 32.5 Å². The highest BCUT2D eigenvalue weighted by Gasteiger charge is 2.27. The van der Waals surface area contributed by atoms with Crippen LogP contribution in [-0.4, -0.2) is 40.5 Å². The molecule has 0 bridgehead atoms. The van der Waals surface area contributed by atoms with Crippen LogP contribution in [0.5, 0.6) is 0 Å². The molecule has 2 rings (SSSR count). The number of anilines is 1. The Morgan fingerprint density at radius 1 is 1.50 bits per heavy atom. The summed E-state index contributed by atoms with van der Waals surface area (Å²) in [4.78, 5) is 20.9. The zero-order chi connectivity index (χ0) is 13.0. The molecule has 100 valence electrons. The molecular weight excluding hydrogens is 228 g/mol. The first-order valence-electron chi connectivity index (χ1n) is 6.81. The zero-order valence-corrected chi connectivity index (χ0v) is 11.2. The molecule has 0 aliphatic heterocycles. The van der Waals surface area contributed by atoms with E-state index in [9.17, 15) is 4.79 Å². The number of aromatic amines is 1. The van der Waals surface area contributed by atoms with Gasteiger partial charge in [0.1, 0.15) is 11.6 Å². The summed E-state index contributed by atoms with van der Waals surface area (Å²) < 4.78 is 0. The largest absolute Gasteiger partial charge is 0.369 e. The second kappa shape index (κ2) is 6.00. The summed E-state index contributed by atoms with van der Waals surface area (Å²) in [6.45, 7) is 7.11. The highest BCUT2D eigenvalue weighted by molar-refractivity contribution is 5.32. The molecule has 0 saturated heterocycles. The average molecular weight is 250 g/mol. The molecule has 0 radical (unpaired) electrons. The molecule has 1 aromatic heterocycles. The molecule has 1 aliphatic rings. The zero-order valence-electron chi connectivity index (χ0n) is 11.2. The second-order valence-corrected chi connectivity index (χ2v) is 4.72. The van der Waals surface area contributed by atoms with E-state index < -0.39 is 0 Å². The number of hydrogen-bond acceptors (Lipinski definition) is 4. The van der Waals surface area contributed by atoms with Crippen molar-refractivity contribution in [2.45, 2.75) is 39.2 Å². The fourth-order valence-electron chi connectivity index (χ4n) is 2.13. The van der Waals surface area contributed by atoms with Crippen molar-refractivity contribution in [1.82, 2.24) is 14.9 Å². The monoisotopic (exact) mass is 250 g/mol. The summed E-state index contributed by atoms with van der Waals surface area (Å²) in [7, 11) is 0. The van der Waals surface area contributed by atoms with Gasteiger partial charge in [-0.25, -0.2) is 4.98 Å². The van der Waals surface area contributed by atoms with Crippen LogP contribution in [0.2, 0.25) is 0 Å². The first kappa shape index (κ1) is 13.1. The topological polar surface area (TPSA) is 61.0 Å². The molecule has 5 nitrogen and oxygen atoms in total. The molecule has 1 saturated carbocycles. The van der Waals surface area contributed by atoms with Gasteiger partial charge in [0.15, 0.2) is 0 Å². The minimum atomic E-state index is -0.0844. The third kappa shape index (κ3) is 3.57. The number of aromatic nitrogens is 2. The lowest BCUT2D eigenvalue weighted by Gasteiger charge is -2.19. The summed E-state index contributed by atoms with van der Waals surface area (Å²) in [5.74, 6) is 1.42. The van der Waals surface area contributed by atoms with E-state index in [1.165, 1.54) is 18.9 Å². The van der Waals surface area contributed by atoms with E-state index in [1.807, 2.05) is 6.92 Å². The van der Waals surface area contributed by atoms with Crippen molar-refractivity contribution in [3.63, 3.8) is 0 Å². The fraction of sp³-hybridized carbons (Fsp3) is 0.692. The smallest absolute Gasteiger partial charge is 0.252 e. The summed E-state index contributed by atoms with van der Waals surface area (Å²) >= 11 is 0. The lowest BCUT2D eigenvalue weighted by Crippen LogP contribution is -2.31. The molecule has 0 amide bonds. The van der Waals surface area contributed by atoms with Gasteiger partial charge in [-0.3, -0.25) is 9.69 Å². The lowest BCUT2D eigenvalue weighted by molar-refractivity contribution is 0.289. The predicted molar refractivity (Wildman–Crippen MR) is 73.0 cm³/mol. The van der Waals surface area contributed by atoms with E-state index >= 15 is 0 Å². The number of nitrogens with one attached hydrogen (secondary N) is 2. The van der Waals surface area contributed by atoms with Gasteiger partial charge in [-0.15, -0.1) is 0 Å². The number of nitrogens with zero attached hydrogens (tertiary/aromatic N) is 2. The molecule has 0 atom stereocenters. The Hall–Kier alpha value is -1.36. The Kier molecular flexibility index (Phi) is 4.36. The Morgan fingerprint density at radius 3 is 2.89 bits per heavy atom. The van der Waals surface area contributed by atoms with Crippen molar-refractivity contribution in [3.8, 4) is 0 Å². The van der Waals surface area contributed by atoms with Gasteiger partial charge in [-0.2, -0.15) is 0 Å². The number of H-pyrrole nitrogens is 1. The molecule has 0 spiro atoms. The van der Waals surface area contributed by atoms with Crippen molar-refractivity contribution in [2.75, 3.05) is 25.0 Å². The fourth-order valence-corrected chi connectivity index (χ4v) is 2.13. The highest BCUT2D eigenvalue weighted by Crippen LogP contribution is 2.25. The Morgan fingerprint density at radius 2 is 2.28 bits per heavy atom. The van der Waals surface area contributed by atoms with Gasteiger partial charge in [0.05, 0.1) is 0 Å². The molecule has 2 N–H and O–H groups in total. The van der Waals surface area contributed by atoms with Crippen molar-refractivity contribution in [1.29, 1.82) is 0 Å². The SMILES string of the molecule is CCc1nc(NCCN(CC)C2CC2)cc(=O)[nH]1. The van der Waals surface area contributed by atoms with Crippen LogP contribution >= 0.6 is 0 Å². The predicted octanol–water partition coefficient (Wildman–Crippen LogP) is 1.23. The van der Waals surface area contributed by atoms with Gasteiger partial charge in [0.25, 0.3) is 5.56 Å². The molecular formula is C13H22N4O. The van der Waals surface area contributed by atoms with E-state index in [1.54, 1.807) is 0 Å². The Labute approximate surface area is 108 Å². The quantitative estimate of drug-likeness (QED) is 0.764. The summed E-state index contributed by atoms with van der Waals surface area (Å²) in [5, 5.41) is 3.23. The average Bonchev–Trinajstić information content (AvgIpc) is 3.18. The number of likely N-dealkylation sites (N-methyl/N-ethyl adjacent to an activating group) is 1. The van der Waals surface area contributed by atoms with Crippen LogP contribution in [0, 0.1) is 0 Å². The summed E-state index contributed by atoms with van der Waals surface area (Å²) in [6, 6.07) is 2.31. The number of hydrogen-bond donors (Lipinski definition) is 2. The van der Waals surface area contributed by atoms with Crippen LogP contribution in [0.25, 0.3) is 0 Å². The number of rotatable bonds is 7. The van der Waals surface area contributed by atoms with Crippen LogP contribution in [0.3, 0.4) is 0 Å². The third-order valence-electron chi connectivity index (χ3n) is 3.30. The first-order chi connectivity index (χ1) is 8.72. The standard InChI is InChI=1S/C13H22N4O/c1-3-11-15-12(9-13(18)16-11)14-7-8-17(4-2)10-5-6-10/h9-10H,3-8H2,1-2H3,(H2,14,15,16,18). The number of aryl methyl sites for hydroxylation is 1.